The molecule has 14 heteroatoms. The Morgan fingerprint density at radius 1 is 0.938 bits per heavy atom. The van der Waals surface area contributed by atoms with Crippen molar-refractivity contribution in [1.82, 2.24) is 4.90 Å². The number of benzene rings is 2. The summed E-state index contributed by atoms with van der Waals surface area (Å²) < 4.78 is 20.1. The molecule has 1 aliphatic heterocycles. The number of rotatable bonds is 31. The first-order chi connectivity index (χ1) is 31.2. The third-order valence-corrected chi connectivity index (χ3v) is 13.1. The molecular weight excluding hydrogens is 819 g/mol. The Kier molecular flexibility index (Phi) is 21.0. The molecule has 2 aromatic carbocycles. The van der Waals surface area contributed by atoms with E-state index in [2.05, 4.69) is 19.6 Å². The van der Waals surface area contributed by atoms with E-state index in [1.165, 1.54) is 44.2 Å². The zero-order chi connectivity index (χ0) is 45.7. The fraction of sp³-hybridized carbons (Fsp3) is 0.640. The molecule has 2 aliphatic carbocycles. The number of oxime groups is 1. The predicted molar refractivity (Wildman–Crippen MR) is 246 cm³/mol. The number of phenolic OH excluding ortho intramolecular Hbond substituents is 1. The number of aromatic hydroxyl groups is 1. The van der Waals surface area contributed by atoms with E-state index in [0.29, 0.717) is 36.3 Å². The predicted octanol–water partition coefficient (Wildman–Crippen LogP) is 8.89. The number of carbonyl (C=O) groups is 1. The lowest BCUT2D eigenvalue weighted by Gasteiger charge is -2.60. The molecule has 6 atom stereocenters. The van der Waals surface area contributed by atoms with Crippen LogP contribution in [0.15, 0.2) is 71.9 Å². The van der Waals surface area contributed by atoms with Crippen molar-refractivity contribution in [3.63, 3.8) is 0 Å². The fourth-order valence-corrected chi connectivity index (χ4v) is 10.1. The molecular formula is C50H73N3O11. The summed E-state index contributed by atoms with van der Waals surface area (Å²) in [5.41, 5.74) is 2.96. The molecule has 2 aromatic rings. The van der Waals surface area contributed by atoms with Crippen molar-refractivity contribution in [3.8, 4) is 11.5 Å². The van der Waals surface area contributed by atoms with E-state index in [1.807, 2.05) is 4.90 Å². The Bertz CT molecular complexity index is 1820. The summed E-state index contributed by atoms with van der Waals surface area (Å²) in [6.45, 7) is 6.83. The van der Waals surface area contributed by atoms with Crippen LogP contribution in [0.2, 0.25) is 0 Å². The second-order valence-electron chi connectivity index (χ2n) is 17.5. The number of hydrogen-bond donors (Lipinski definition) is 4. The van der Waals surface area contributed by atoms with E-state index in [-0.39, 0.29) is 94.3 Å². The van der Waals surface area contributed by atoms with Gasteiger partial charge in [-0.1, -0.05) is 88.4 Å². The van der Waals surface area contributed by atoms with Crippen molar-refractivity contribution >= 4 is 17.3 Å². The SMILES string of the molecule is C=CCO[C@@]12Oc3ccc(O)cc3[C@H]3[C@H](CCCCO)[C@@H](CCCCO)C=C(C(=NOCc4ccc([N+](=O)[O-])cc4)C[C@@H]1N(CCOCCO)C(=O)CCCCCCCCCCC)[C@H]32. The van der Waals surface area contributed by atoms with Crippen LogP contribution in [0.3, 0.4) is 0 Å². The molecule has 1 saturated carbocycles. The quantitative estimate of drug-likeness (QED) is 0.0245. The van der Waals surface area contributed by atoms with Gasteiger partial charge in [-0.3, -0.25) is 14.9 Å². The van der Waals surface area contributed by atoms with Crippen LogP contribution in [0, 0.1) is 27.9 Å². The van der Waals surface area contributed by atoms with Gasteiger partial charge in [0.25, 0.3) is 5.69 Å². The number of amides is 1. The van der Waals surface area contributed by atoms with E-state index < -0.39 is 22.7 Å². The summed E-state index contributed by atoms with van der Waals surface area (Å²) in [4.78, 5) is 33.7. The highest BCUT2D eigenvalue weighted by Crippen LogP contribution is 2.62. The van der Waals surface area contributed by atoms with Crippen molar-refractivity contribution < 1.29 is 49.2 Å². The number of ether oxygens (including phenoxy) is 3. The number of unbranched alkanes of at least 4 members (excludes halogenated alkanes) is 10. The van der Waals surface area contributed by atoms with Crippen LogP contribution in [0.4, 0.5) is 5.69 Å². The lowest BCUT2D eigenvalue weighted by Crippen LogP contribution is -2.70. The molecule has 4 N–H and O–H groups in total. The molecule has 1 amide bonds. The van der Waals surface area contributed by atoms with E-state index in [0.717, 1.165) is 62.5 Å². The van der Waals surface area contributed by atoms with E-state index in [9.17, 15) is 35.3 Å². The first-order valence-corrected chi connectivity index (χ1v) is 23.8. The molecule has 3 aliphatic rings. The Morgan fingerprint density at radius 3 is 2.31 bits per heavy atom. The van der Waals surface area contributed by atoms with Crippen molar-refractivity contribution in [1.29, 1.82) is 0 Å². The smallest absolute Gasteiger partial charge is 0.269 e. The summed E-state index contributed by atoms with van der Waals surface area (Å²) in [6, 6.07) is 10.5. The minimum absolute atomic E-state index is 0.00446. The number of nitro groups is 1. The van der Waals surface area contributed by atoms with Gasteiger partial charge in [-0.15, -0.1) is 6.58 Å². The van der Waals surface area contributed by atoms with Gasteiger partial charge in [0, 0.05) is 56.2 Å². The van der Waals surface area contributed by atoms with Crippen molar-refractivity contribution in [2.75, 3.05) is 46.2 Å². The number of aliphatic hydroxyl groups excluding tert-OH is 3. The number of hydrogen-bond acceptors (Lipinski definition) is 12. The first kappa shape index (κ1) is 50.7. The highest BCUT2D eigenvalue weighted by Gasteiger charge is 2.65. The standard InChI is InChI=1S/C50H73N3O11/c1-3-5-6-7-8-9-10-11-12-19-47(58)52(26-31-61-32-29-56)46-35-44(51-63-36-37-20-22-39(23-21-37)53(59)60)42-33-38(17-13-15-27-54)41(18-14-16-28-55)48-43-34-40(57)24-25-45(43)64-50(46,49(42)48)62-30-4-2/h4,20-25,33-34,38,41,46,48-49,54-57H,2-3,5-19,26-32,35-36H2,1H3/t38-,41+,46-,48+,49+,50+/m0/s1. The average molecular weight is 892 g/mol. The molecule has 14 nitrogen and oxygen atoms in total. The van der Waals surface area contributed by atoms with Gasteiger partial charge in [-0.05, 0) is 85.4 Å². The zero-order valence-corrected chi connectivity index (χ0v) is 38.0. The maximum atomic E-state index is 14.8. The number of carbonyl (C=O) groups excluding carboxylic acids is 1. The van der Waals surface area contributed by atoms with Crippen molar-refractivity contribution in [2.45, 2.75) is 140 Å². The van der Waals surface area contributed by atoms with Crippen LogP contribution in [-0.4, -0.2) is 99.9 Å². The largest absolute Gasteiger partial charge is 0.508 e. The molecule has 0 radical (unpaired) electrons. The molecule has 64 heavy (non-hydrogen) atoms. The molecule has 1 fully saturated rings. The summed E-state index contributed by atoms with van der Waals surface area (Å²) >= 11 is 0. The van der Waals surface area contributed by atoms with E-state index in [4.69, 9.17) is 24.2 Å². The van der Waals surface area contributed by atoms with E-state index >= 15 is 0 Å². The topological polar surface area (TPSA) is 194 Å². The molecule has 0 unspecified atom stereocenters. The van der Waals surface area contributed by atoms with Gasteiger partial charge in [-0.25, -0.2) is 0 Å². The maximum absolute atomic E-state index is 14.8. The van der Waals surface area contributed by atoms with Crippen molar-refractivity contribution in [2.24, 2.45) is 22.9 Å². The van der Waals surface area contributed by atoms with Gasteiger partial charge < -0.3 is 44.4 Å². The Morgan fingerprint density at radius 2 is 1.64 bits per heavy atom. The normalized spacial score (nSPS) is 22.8. The van der Waals surface area contributed by atoms with Gasteiger partial charge in [-0.2, -0.15) is 0 Å². The summed E-state index contributed by atoms with van der Waals surface area (Å²) in [5.74, 6) is -1.71. The Hall–Kier alpha value is -4.34. The van der Waals surface area contributed by atoms with Crippen LogP contribution in [0.25, 0.3) is 0 Å². The number of nitrogens with zero attached hydrogens (tertiary/aromatic N) is 3. The Balaban J connectivity index is 1.62. The maximum Gasteiger partial charge on any atom is 0.269 e. The number of fused-ring (bicyclic) bond motifs is 2. The van der Waals surface area contributed by atoms with Gasteiger partial charge in [0.15, 0.2) is 0 Å². The lowest BCUT2D eigenvalue weighted by molar-refractivity contribution is -0.384. The third kappa shape index (κ3) is 13.4. The summed E-state index contributed by atoms with van der Waals surface area (Å²) in [5, 5.41) is 56.6. The minimum atomic E-state index is -1.46. The number of phenols is 1. The number of allylic oxidation sites excluding steroid dienone is 1. The minimum Gasteiger partial charge on any atom is -0.508 e. The van der Waals surface area contributed by atoms with Crippen LogP contribution in [-0.2, 0) is 25.7 Å². The number of nitro benzene ring substituents is 1. The monoisotopic (exact) mass is 892 g/mol. The van der Waals surface area contributed by atoms with E-state index in [1.54, 1.807) is 36.4 Å². The number of aliphatic hydroxyl groups is 3. The Labute approximate surface area is 379 Å². The summed E-state index contributed by atoms with van der Waals surface area (Å²) in [7, 11) is 0. The number of non-ortho nitro benzene ring substituents is 1. The van der Waals surface area contributed by atoms with Crippen LogP contribution in [0.5, 0.6) is 11.5 Å². The third-order valence-electron chi connectivity index (χ3n) is 13.1. The molecule has 354 valence electrons. The molecule has 0 spiro atoms. The molecule has 0 aromatic heterocycles. The van der Waals surface area contributed by atoms with Gasteiger partial charge in [0.05, 0.1) is 43.0 Å². The van der Waals surface area contributed by atoms with Gasteiger partial charge in [0.1, 0.15) is 24.1 Å². The second kappa shape index (κ2) is 26.6. The zero-order valence-electron chi connectivity index (χ0n) is 38.0. The second-order valence-corrected chi connectivity index (χ2v) is 17.5. The molecule has 0 saturated heterocycles. The molecule has 1 heterocycles. The highest BCUT2D eigenvalue weighted by atomic mass is 16.7. The fourth-order valence-electron chi connectivity index (χ4n) is 10.1. The molecule has 5 rings (SSSR count). The van der Waals surface area contributed by atoms with Gasteiger partial charge >= 0.3 is 0 Å². The highest BCUT2D eigenvalue weighted by molar-refractivity contribution is 6.03. The van der Waals surface area contributed by atoms with Crippen molar-refractivity contribution in [3.05, 3.63) is 88.0 Å². The lowest BCUT2D eigenvalue weighted by atomic mass is 9.55. The first-order valence-electron chi connectivity index (χ1n) is 23.8. The van der Waals surface area contributed by atoms with Gasteiger partial charge in [0.2, 0.25) is 11.7 Å². The van der Waals surface area contributed by atoms with Crippen LogP contribution >= 0.6 is 0 Å². The molecule has 0 bridgehead atoms. The van der Waals surface area contributed by atoms with Crippen LogP contribution in [0.1, 0.15) is 133 Å². The average Bonchev–Trinajstić information content (AvgIpc) is 3.29. The van der Waals surface area contributed by atoms with Crippen LogP contribution < -0.4 is 4.74 Å². The summed E-state index contributed by atoms with van der Waals surface area (Å²) in [6.07, 6.45) is 18.8.